The SMILES string of the molecule is CC[C@@H](N)c1cncn1C(C)C1CCC1. The molecule has 1 saturated carbocycles. The van der Waals surface area contributed by atoms with E-state index in [1.54, 1.807) is 0 Å². The van der Waals surface area contributed by atoms with E-state index in [1.807, 2.05) is 12.5 Å². The fourth-order valence-electron chi connectivity index (χ4n) is 2.30. The Morgan fingerprint density at radius 2 is 2.33 bits per heavy atom. The van der Waals surface area contributed by atoms with Crippen LogP contribution in [0.1, 0.15) is 57.3 Å². The van der Waals surface area contributed by atoms with E-state index >= 15 is 0 Å². The highest BCUT2D eigenvalue weighted by Crippen LogP contribution is 2.37. The highest BCUT2D eigenvalue weighted by molar-refractivity contribution is 5.06. The number of aromatic nitrogens is 2. The van der Waals surface area contributed by atoms with Crippen molar-refractivity contribution in [3.8, 4) is 0 Å². The molecule has 1 aromatic rings. The molecule has 2 N–H and O–H groups in total. The first-order valence-corrected chi connectivity index (χ1v) is 6.01. The van der Waals surface area contributed by atoms with Crippen LogP contribution in [0.25, 0.3) is 0 Å². The van der Waals surface area contributed by atoms with E-state index in [2.05, 4.69) is 23.4 Å². The van der Waals surface area contributed by atoms with Gasteiger partial charge >= 0.3 is 0 Å². The van der Waals surface area contributed by atoms with Gasteiger partial charge in [0.05, 0.1) is 12.0 Å². The Morgan fingerprint density at radius 3 is 2.87 bits per heavy atom. The van der Waals surface area contributed by atoms with Crippen molar-refractivity contribution in [3.05, 3.63) is 18.2 Å². The van der Waals surface area contributed by atoms with Gasteiger partial charge in [-0.2, -0.15) is 0 Å². The first kappa shape index (κ1) is 10.7. The van der Waals surface area contributed by atoms with Gasteiger partial charge in [0.25, 0.3) is 0 Å². The minimum Gasteiger partial charge on any atom is -0.330 e. The van der Waals surface area contributed by atoms with Crippen molar-refractivity contribution >= 4 is 0 Å². The predicted octanol–water partition coefficient (Wildman–Crippen LogP) is 2.65. The molecule has 1 unspecified atom stereocenters. The molecular formula is C12H21N3. The zero-order chi connectivity index (χ0) is 10.8. The molecule has 1 fully saturated rings. The summed E-state index contributed by atoms with van der Waals surface area (Å²) in [5.41, 5.74) is 7.27. The quantitative estimate of drug-likeness (QED) is 0.825. The Balaban J connectivity index is 2.15. The maximum Gasteiger partial charge on any atom is 0.0951 e. The summed E-state index contributed by atoms with van der Waals surface area (Å²) in [7, 11) is 0. The van der Waals surface area contributed by atoms with Crippen molar-refractivity contribution in [2.24, 2.45) is 11.7 Å². The van der Waals surface area contributed by atoms with Crippen LogP contribution < -0.4 is 5.73 Å². The van der Waals surface area contributed by atoms with Crippen LogP contribution in [0.4, 0.5) is 0 Å². The minimum absolute atomic E-state index is 0.134. The van der Waals surface area contributed by atoms with Crippen molar-refractivity contribution in [1.29, 1.82) is 0 Å². The third-order valence-corrected chi connectivity index (χ3v) is 3.79. The van der Waals surface area contributed by atoms with Gasteiger partial charge in [0.2, 0.25) is 0 Å². The van der Waals surface area contributed by atoms with Crippen molar-refractivity contribution in [1.82, 2.24) is 9.55 Å². The third-order valence-electron chi connectivity index (χ3n) is 3.79. The summed E-state index contributed by atoms with van der Waals surface area (Å²) in [4.78, 5) is 4.24. The van der Waals surface area contributed by atoms with E-state index in [0.29, 0.717) is 6.04 Å². The number of hydrogen-bond donors (Lipinski definition) is 1. The van der Waals surface area contributed by atoms with Crippen LogP contribution in [0.2, 0.25) is 0 Å². The molecule has 0 radical (unpaired) electrons. The topological polar surface area (TPSA) is 43.8 Å². The molecule has 0 spiro atoms. The molecule has 1 aliphatic carbocycles. The van der Waals surface area contributed by atoms with Gasteiger partial charge in [-0.3, -0.25) is 0 Å². The summed E-state index contributed by atoms with van der Waals surface area (Å²) >= 11 is 0. The van der Waals surface area contributed by atoms with Crippen LogP contribution in [0.5, 0.6) is 0 Å². The Bertz CT molecular complexity index is 314. The van der Waals surface area contributed by atoms with Crippen molar-refractivity contribution in [2.75, 3.05) is 0 Å². The average Bonchev–Trinajstić information content (AvgIpc) is 2.62. The second-order valence-electron chi connectivity index (χ2n) is 4.67. The fraction of sp³-hybridized carbons (Fsp3) is 0.750. The van der Waals surface area contributed by atoms with Crippen LogP contribution in [0.15, 0.2) is 12.5 Å². The Kier molecular flexibility index (Phi) is 3.10. The van der Waals surface area contributed by atoms with Crippen LogP contribution in [-0.2, 0) is 0 Å². The number of hydrogen-bond acceptors (Lipinski definition) is 2. The van der Waals surface area contributed by atoms with Crippen molar-refractivity contribution in [3.63, 3.8) is 0 Å². The summed E-state index contributed by atoms with van der Waals surface area (Å²) in [6.45, 7) is 4.41. The molecule has 84 valence electrons. The average molecular weight is 207 g/mol. The van der Waals surface area contributed by atoms with Gasteiger partial charge in [0, 0.05) is 18.3 Å². The maximum atomic E-state index is 6.08. The van der Waals surface area contributed by atoms with E-state index in [9.17, 15) is 0 Å². The number of rotatable bonds is 4. The van der Waals surface area contributed by atoms with Gasteiger partial charge in [0.1, 0.15) is 0 Å². The molecule has 0 bridgehead atoms. The number of nitrogens with two attached hydrogens (primary N) is 1. The summed E-state index contributed by atoms with van der Waals surface area (Å²) < 4.78 is 2.28. The predicted molar refractivity (Wildman–Crippen MR) is 61.5 cm³/mol. The molecule has 2 rings (SSSR count). The first-order chi connectivity index (χ1) is 7.24. The fourth-order valence-corrected chi connectivity index (χ4v) is 2.30. The normalized spacial score (nSPS) is 21.0. The standard InChI is InChI=1S/C12H21N3/c1-3-11(13)12-7-14-8-15(12)9(2)10-5-4-6-10/h7-11H,3-6,13H2,1-2H3/t9?,11-/m1/s1. The largest absolute Gasteiger partial charge is 0.330 e. The Morgan fingerprint density at radius 1 is 1.60 bits per heavy atom. The minimum atomic E-state index is 0.134. The molecule has 0 amide bonds. The third kappa shape index (κ3) is 1.93. The smallest absolute Gasteiger partial charge is 0.0951 e. The molecule has 15 heavy (non-hydrogen) atoms. The summed E-state index contributed by atoms with van der Waals surface area (Å²) in [6.07, 6.45) is 8.94. The number of nitrogens with zero attached hydrogens (tertiary/aromatic N) is 2. The number of imidazole rings is 1. The molecule has 1 aliphatic rings. The lowest BCUT2D eigenvalue weighted by atomic mass is 9.80. The van der Waals surface area contributed by atoms with E-state index in [4.69, 9.17) is 5.73 Å². The van der Waals surface area contributed by atoms with Gasteiger partial charge in [-0.25, -0.2) is 4.98 Å². The lowest BCUT2D eigenvalue weighted by Crippen LogP contribution is -2.25. The zero-order valence-corrected chi connectivity index (χ0v) is 9.69. The molecule has 3 heteroatoms. The Hall–Kier alpha value is -0.830. The molecule has 1 aromatic heterocycles. The van der Waals surface area contributed by atoms with Crippen LogP contribution in [-0.4, -0.2) is 9.55 Å². The lowest BCUT2D eigenvalue weighted by Gasteiger charge is -2.33. The zero-order valence-electron chi connectivity index (χ0n) is 9.69. The van der Waals surface area contributed by atoms with Crippen LogP contribution in [0, 0.1) is 5.92 Å². The maximum absolute atomic E-state index is 6.08. The molecular weight excluding hydrogens is 186 g/mol. The summed E-state index contributed by atoms with van der Waals surface area (Å²) in [6, 6.07) is 0.698. The second kappa shape index (κ2) is 4.35. The molecule has 2 atom stereocenters. The van der Waals surface area contributed by atoms with Gasteiger partial charge < -0.3 is 10.3 Å². The molecule has 1 heterocycles. The first-order valence-electron chi connectivity index (χ1n) is 6.01. The van der Waals surface area contributed by atoms with Crippen LogP contribution >= 0.6 is 0 Å². The van der Waals surface area contributed by atoms with Gasteiger partial charge in [-0.15, -0.1) is 0 Å². The molecule has 0 aromatic carbocycles. The van der Waals surface area contributed by atoms with Crippen molar-refractivity contribution in [2.45, 2.75) is 51.6 Å². The van der Waals surface area contributed by atoms with E-state index in [-0.39, 0.29) is 6.04 Å². The van der Waals surface area contributed by atoms with Gasteiger partial charge in [-0.1, -0.05) is 13.3 Å². The van der Waals surface area contributed by atoms with Gasteiger partial charge in [-0.05, 0) is 32.1 Å². The van der Waals surface area contributed by atoms with E-state index in [1.165, 1.54) is 25.0 Å². The van der Waals surface area contributed by atoms with Crippen molar-refractivity contribution < 1.29 is 0 Å². The lowest BCUT2D eigenvalue weighted by molar-refractivity contribution is 0.218. The molecule has 0 saturated heterocycles. The van der Waals surface area contributed by atoms with Crippen LogP contribution in [0.3, 0.4) is 0 Å². The summed E-state index contributed by atoms with van der Waals surface area (Å²) in [5, 5.41) is 0. The Labute approximate surface area is 91.7 Å². The summed E-state index contributed by atoms with van der Waals surface area (Å²) in [5.74, 6) is 0.835. The van der Waals surface area contributed by atoms with E-state index < -0.39 is 0 Å². The monoisotopic (exact) mass is 207 g/mol. The molecule has 0 aliphatic heterocycles. The second-order valence-corrected chi connectivity index (χ2v) is 4.67. The highest BCUT2D eigenvalue weighted by Gasteiger charge is 2.26. The van der Waals surface area contributed by atoms with Gasteiger partial charge in [0.15, 0.2) is 0 Å². The van der Waals surface area contributed by atoms with E-state index in [0.717, 1.165) is 12.3 Å². The molecule has 3 nitrogen and oxygen atoms in total. The highest BCUT2D eigenvalue weighted by atomic mass is 15.1.